The number of anilines is 1. The van der Waals surface area contributed by atoms with Gasteiger partial charge in [-0.3, -0.25) is 5.10 Å². The first-order valence-electron chi connectivity index (χ1n) is 6.11. The van der Waals surface area contributed by atoms with Crippen LogP contribution >= 0.6 is 0 Å². The summed E-state index contributed by atoms with van der Waals surface area (Å²) in [5, 5.41) is 6.57. The van der Waals surface area contributed by atoms with Crippen LogP contribution in [0, 0.1) is 17.5 Å². The third-order valence-electron chi connectivity index (χ3n) is 3.08. The summed E-state index contributed by atoms with van der Waals surface area (Å²) in [5.41, 5.74) is 7.50. The zero-order valence-corrected chi connectivity index (χ0v) is 10.7. The summed E-state index contributed by atoms with van der Waals surface area (Å²) >= 11 is 0. The number of nitrogens with zero attached hydrogens (tertiary/aromatic N) is 1. The van der Waals surface area contributed by atoms with Crippen molar-refractivity contribution in [1.29, 1.82) is 0 Å². The van der Waals surface area contributed by atoms with Gasteiger partial charge in [0.1, 0.15) is 17.5 Å². The minimum atomic E-state index is -0.712. The molecule has 0 aliphatic heterocycles. The first kappa shape index (κ1) is 13.2. The quantitative estimate of drug-likeness (QED) is 0.755. The molecule has 0 atom stereocenters. The summed E-state index contributed by atoms with van der Waals surface area (Å²) in [6, 6.07) is 8.72. The third-order valence-corrected chi connectivity index (χ3v) is 3.08. The summed E-state index contributed by atoms with van der Waals surface area (Å²) in [5.74, 6) is -1.70. The van der Waals surface area contributed by atoms with Gasteiger partial charge in [0.25, 0.3) is 0 Å². The lowest BCUT2D eigenvalue weighted by Gasteiger charge is -2.05. The van der Waals surface area contributed by atoms with Crippen molar-refractivity contribution in [2.24, 2.45) is 0 Å². The van der Waals surface area contributed by atoms with Crippen LogP contribution < -0.4 is 5.73 Å². The summed E-state index contributed by atoms with van der Waals surface area (Å²) < 4.78 is 39.7. The molecular weight excluding hydrogens is 279 g/mol. The van der Waals surface area contributed by atoms with Crippen molar-refractivity contribution in [1.82, 2.24) is 10.2 Å². The Morgan fingerprint density at radius 2 is 1.43 bits per heavy atom. The Balaban J connectivity index is 2.19. The summed E-state index contributed by atoms with van der Waals surface area (Å²) in [6.07, 6.45) is 0. The van der Waals surface area contributed by atoms with Crippen LogP contribution in [0.25, 0.3) is 22.4 Å². The molecule has 3 nitrogen and oxygen atoms in total. The number of nitrogens with one attached hydrogen (secondary N) is 1. The smallest absolute Gasteiger partial charge is 0.153 e. The van der Waals surface area contributed by atoms with E-state index in [0.717, 1.165) is 18.2 Å². The molecule has 3 rings (SSSR count). The molecule has 1 aromatic heterocycles. The highest BCUT2D eigenvalue weighted by atomic mass is 19.1. The first-order chi connectivity index (χ1) is 10.0. The van der Waals surface area contributed by atoms with E-state index in [-0.39, 0.29) is 17.2 Å². The molecule has 0 bridgehead atoms. The van der Waals surface area contributed by atoms with E-state index >= 15 is 0 Å². The summed E-state index contributed by atoms with van der Waals surface area (Å²) in [4.78, 5) is 0. The molecular formula is C15H10F3N3. The molecule has 0 aliphatic carbocycles. The summed E-state index contributed by atoms with van der Waals surface area (Å²) in [7, 11) is 0. The van der Waals surface area contributed by atoms with E-state index in [0.29, 0.717) is 16.8 Å². The van der Waals surface area contributed by atoms with Gasteiger partial charge in [0, 0.05) is 11.6 Å². The molecule has 0 spiro atoms. The van der Waals surface area contributed by atoms with Crippen LogP contribution in [-0.2, 0) is 0 Å². The molecule has 106 valence electrons. The largest absolute Gasteiger partial charge is 0.382 e. The van der Waals surface area contributed by atoms with Crippen LogP contribution in [0.1, 0.15) is 0 Å². The van der Waals surface area contributed by atoms with E-state index in [4.69, 9.17) is 5.73 Å². The number of nitrogen functional groups attached to an aromatic ring is 1. The average Bonchev–Trinajstić information content (AvgIpc) is 2.80. The molecule has 6 heteroatoms. The van der Waals surface area contributed by atoms with Gasteiger partial charge in [-0.15, -0.1) is 0 Å². The van der Waals surface area contributed by atoms with Crippen molar-refractivity contribution in [3.63, 3.8) is 0 Å². The van der Waals surface area contributed by atoms with Crippen LogP contribution in [0.2, 0.25) is 0 Å². The molecule has 1 heterocycles. The molecule has 0 amide bonds. The molecule has 0 saturated heterocycles. The van der Waals surface area contributed by atoms with E-state index in [2.05, 4.69) is 10.2 Å². The average molecular weight is 289 g/mol. The minimum Gasteiger partial charge on any atom is -0.382 e. The molecule has 21 heavy (non-hydrogen) atoms. The van der Waals surface area contributed by atoms with Crippen LogP contribution in [-0.4, -0.2) is 10.2 Å². The number of rotatable bonds is 2. The van der Waals surface area contributed by atoms with Gasteiger partial charge in [-0.1, -0.05) is 0 Å². The number of hydrogen-bond donors (Lipinski definition) is 2. The fraction of sp³-hybridized carbons (Fsp3) is 0. The number of H-pyrrole nitrogens is 1. The number of aromatic amines is 1. The van der Waals surface area contributed by atoms with Gasteiger partial charge in [-0.2, -0.15) is 5.10 Å². The molecule has 3 aromatic rings. The number of benzene rings is 2. The van der Waals surface area contributed by atoms with Crippen molar-refractivity contribution in [2.75, 3.05) is 5.73 Å². The molecule has 0 radical (unpaired) electrons. The highest BCUT2D eigenvalue weighted by Crippen LogP contribution is 2.35. The Hall–Kier alpha value is -2.76. The Morgan fingerprint density at radius 3 is 2.05 bits per heavy atom. The van der Waals surface area contributed by atoms with E-state index in [1.165, 1.54) is 24.3 Å². The second-order valence-corrected chi connectivity index (χ2v) is 4.52. The molecule has 2 aromatic carbocycles. The van der Waals surface area contributed by atoms with Gasteiger partial charge in [0.15, 0.2) is 5.82 Å². The summed E-state index contributed by atoms with van der Waals surface area (Å²) in [6.45, 7) is 0. The van der Waals surface area contributed by atoms with Crippen LogP contribution in [0.4, 0.5) is 19.0 Å². The SMILES string of the molecule is Nc1n[nH]c(-c2ccc(F)cc2)c1-c1cc(F)cc(F)c1. The Morgan fingerprint density at radius 1 is 0.810 bits per heavy atom. The second-order valence-electron chi connectivity index (χ2n) is 4.52. The second kappa shape index (κ2) is 4.97. The molecule has 0 fully saturated rings. The first-order valence-corrected chi connectivity index (χ1v) is 6.11. The lowest BCUT2D eigenvalue weighted by molar-refractivity contribution is 0.584. The fourth-order valence-corrected chi connectivity index (χ4v) is 2.17. The maximum absolute atomic E-state index is 13.4. The maximum Gasteiger partial charge on any atom is 0.153 e. The number of aromatic nitrogens is 2. The van der Waals surface area contributed by atoms with Gasteiger partial charge in [0.05, 0.1) is 11.3 Å². The Labute approximate surface area is 118 Å². The van der Waals surface area contributed by atoms with Gasteiger partial charge in [0.2, 0.25) is 0 Å². The Bertz CT molecular complexity index is 774. The number of nitrogens with two attached hydrogens (primary N) is 1. The number of halogens is 3. The molecule has 0 saturated carbocycles. The normalized spacial score (nSPS) is 10.8. The highest BCUT2D eigenvalue weighted by molar-refractivity contribution is 5.87. The minimum absolute atomic E-state index is 0.110. The van der Waals surface area contributed by atoms with Crippen LogP contribution in [0.5, 0.6) is 0 Å². The highest BCUT2D eigenvalue weighted by Gasteiger charge is 2.16. The van der Waals surface area contributed by atoms with Gasteiger partial charge >= 0.3 is 0 Å². The monoisotopic (exact) mass is 289 g/mol. The lowest BCUT2D eigenvalue weighted by Crippen LogP contribution is -1.91. The standard InChI is InChI=1S/C15H10F3N3/c16-10-3-1-8(2-4-10)14-13(15(19)21-20-14)9-5-11(17)7-12(18)6-9/h1-7H,(H3,19,20,21). The number of hydrogen-bond acceptors (Lipinski definition) is 2. The predicted octanol–water partition coefficient (Wildman–Crippen LogP) is 3.74. The van der Waals surface area contributed by atoms with Crippen molar-refractivity contribution in [3.8, 4) is 22.4 Å². The lowest BCUT2D eigenvalue weighted by atomic mass is 10.0. The van der Waals surface area contributed by atoms with Crippen LogP contribution in [0.3, 0.4) is 0 Å². The molecule has 0 aliphatic rings. The zero-order chi connectivity index (χ0) is 15.0. The van der Waals surface area contributed by atoms with Crippen molar-refractivity contribution < 1.29 is 13.2 Å². The van der Waals surface area contributed by atoms with E-state index in [1.807, 2.05) is 0 Å². The zero-order valence-electron chi connectivity index (χ0n) is 10.7. The van der Waals surface area contributed by atoms with Crippen molar-refractivity contribution in [3.05, 3.63) is 59.9 Å². The maximum atomic E-state index is 13.4. The van der Waals surface area contributed by atoms with Gasteiger partial charge in [-0.05, 0) is 42.0 Å². The fourth-order valence-electron chi connectivity index (χ4n) is 2.17. The van der Waals surface area contributed by atoms with Crippen LogP contribution in [0.15, 0.2) is 42.5 Å². The third kappa shape index (κ3) is 2.47. The van der Waals surface area contributed by atoms with Crippen molar-refractivity contribution in [2.45, 2.75) is 0 Å². The van der Waals surface area contributed by atoms with E-state index in [9.17, 15) is 13.2 Å². The molecule has 3 N–H and O–H groups in total. The van der Waals surface area contributed by atoms with Crippen molar-refractivity contribution >= 4 is 5.82 Å². The molecule has 0 unspecified atom stereocenters. The Kier molecular flexibility index (Phi) is 3.13. The van der Waals surface area contributed by atoms with E-state index < -0.39 is 11.6 Å². The van der Waals surface area contributed by atoms with Gasteiger partial charge in [-0.25, -0.2) is 13.2 Å². The van der Waals surface area contributed by atoms with Gasteiger partial charge < -0.3 is 5.73 Å². The topological polar surface area (TPSA) is 54.7 Å². The predicted molar refractivity (Wildman–Crippen MR) is 73.7 cm³/mol. The van der Waals surface area contributed by atoms with E-state index in [1.54, 1.807) is 0 Å².